The molecule has 14 heavy (non-hydrogen) atoms. The summed E-state index contributed by atoms with van der Waals surface area (Å²) in [7, 11) is 0. The second-order valence-corrected chi connectivity index (χ2v) is 3.83. The van der Waals surface area contributed by atoms with Crippen molar-refractivity contribution in [2.45, 2.75) is 17.7 Å². The van der Waals surface area contributed by atoms with Crippen LogP contribution in [-0.2, 0) is 0 Å². The molecule has 0 atom stereocenters. The van der Waals surface area contributed by atoms with E-state index < -0.39 is 0 Å². The Morgan fingerprint density at radius 1 is 1.14 bits per heavy atom. The van der Waals surface area contributed by atoms with E-state index in [4.69, 9.17) is 5.11 Å². The normalized spacial score (nSPS) is 9.21. The van der Waals surface area contributed by atoms with Crippen LogP contribution < -0.4 is 0 Å². The molecule has 0 radical (unpaired) electrons. The van der Waals surface area contributed by atoms with Crippen LogP contribution in [0.4, 0.5) is 0 Å². The maximum atomic E-state index is 8.53. The number of unbranched alkanes of at least 4 members (excludes halogenated alkanes) is 1. The highest BCUT2D eigenvalue weighted by Gasteiger charge is 1.87. The largest absolute Gasteiger partial charge is 0.396 e. The number of benzene rings is 1. The molecule has 1 aromatic rings. The van der Waals surface area contributed by atoms with Gasteiger partial charge in [0.15, 0.2) is 0 Å². The Hall–Kier alpha value is -0.910. The topological polar surface area (TPSA) is 20.2 Å². The molecule has 0 aliphatic heterocycles. The standard InChI is InChI=1S/C12H14OS/c13-10-6-1-2-7-11-14-12-8-4-3-5-9-12/h3-5,8-9,13H,1,6,10-11H2. The maximum absolute atomic E-state index is 8.53. The number of thioether (sulfide) groups is 1. The molecule has 0 aliphatic carbocycles. The van der Waals surface area contributed by atoms with Crippen molar-refractivity contribution in [1.82, 2.24) is 0 Å². The van der Waals surface area contributed by atoms with E-state index in [9.17, 15) is 0 Å². The highest BCUT2D eigenvalue weighted by Crippen LogP contribution is 2.15. The monoisotopic (exact) mass is 206 g/mol. The van der Waals surface area contributed by atoms with Gasteiger partial charge in [-0.25, -0.2) is 0 Å². The van der Waals surface area contributed by atoms with Crippen LogP contribution in [0, 0.1) is 11.8 Å². The Bertz CT molecular complexity index is 297. The number of hydrogen-bond acceptors (Lipinski definition) is 2. The Morgan fingerprint density at radius 3 is 2.64 bits per heavy atom. The molecule has 0 fully saturated rings. The predicted octanol–water partition coefficient (Wildman–Crippen LogP) is 2.55. The Morgan fingerprint density at radius 2 is 1.93 bits per heavy atom. The number of aliphatic hydroxyl groups is 1. The molecule has 1 aromatic carbocycles. The first-order valence-corrected chi connectivity index (χ1v) is 5.66. The van der Waals surface area contributed by atoms with Crippen LogP contribution in [0.1, 0.15) is 12.8 Å². The van der Waals surface area contributed by atoms with E-state index in [0.717, 1.165) is 18.6 Å². The molecule has 0 heterocycles. The second-order valence-electron chi connectivity index (χ2n) is 2.78. The first-order chi connectivity index (χ1) is 6.93. The van der Waals surface area contributed by atoms with Crippen molar-refractivity contribution in [3.05, 3.63) is 30.3 Å². The van der Waals surface area contributed by atoms with Crippen molar-refractivity contribution < 1.29 is 5.11 Å². The van der Waals surface area contributed by atoms with Crippen LogP contribution in [-0.4, -0.2) is 17.5 Å². The lowest BCUT2D eigenvalue weighted by Gasteiger charge is -1.94. The number of aliphatic hydroxyl groups excluding tert-OH is 1. The van der Waals surface area contributed by atoms with Crippen molar-refractivity contribution >= 4 is 11.8 Å². The lowest BCUT2D eigenvalue weighted by molar-refractivity contribution is 0.290. The molecule has 0 unspecified atom stereocenters. The summed E-state index contributed by atoms with van der Waals surface area (Å²) in [5.41, 5.74) is 0. The Balaban J connectivity index is 2.17. The van der Waals surface area contributed by atoms with Crippen molar-refractivity contribution in [1.29, 1.82) is 0 Å². The second kappa shape index (κ2) is 7.49. The Labute approximate surface area is 89.5 Å². The smallest absolute Gasteiger partial charge is 0.0594 e. The summed E-state index contributed by atoms with van der Waals surface area (Å²) < 4.78 is 0. The number of rotatable bonds is 4. The van der Waals surface area contributed by atoms with E-state index in [1.807, 2.05) is 18.2 Å². The minimum absolute atomic E-state index is 0.237. The molecule has 0 aromatic heterocycles. The predicted molar refractivity (Wildman–Crippen MR) is 61.3 cm³/mol. The summed E-state index contributed by atoms with van der Waals surface area (Å²) in [4.78, 5) is 1.25. The molecular weight excluding hydrogens is 192 g/mol. The first-order valence-electron chi connectivity index (χ1n) is 4.68. The van der Waals surface area contributed by atoms with Crippen molar-refractivity contribution in [3.8, 4) is 11.8 Å². The van der Waals surface area contributed by atoms with E-state index >= 15 is 0 Å². The average Bonchev–Trinajstić information content (AvgIpc) is 2.25. The summed E-state index contributed by atoms with van der Waals surface area (Å²) in [6.45, 7) is 0.237. The van der Waals surface area contributed by atoms with Crippen molar-refractivity contribution in [2.24, 2.45) is 0 Å². The van der Waals surface area contributed by atoms with Gasteiger partial charge < -0.3 is 5.11 Å². The SMILES string of the molecule is OCCCC#CCSc1ccccc1. The van der Waals surface area contributed by atoms with Gasteiger partial charge in [-0.3, -0.25) is 0 Å². The molecule has 1 rings (SSSR count). The quantitative estimate of drug-likeness (QED) is 0.464. The summed E-state index contributed by atoms with van der Waals surface area (Å²) >= 11 is 1.74. The van der Waals surface area contributed by atoms with Crippen molar-refractivity contribution in [2.75, 3.05) is 12.4 Å². The summed E-state index contributed by atoms with van der Waals surface area (Å²) in [5, 5.41) is 8.53. The first kappa shape index (κ1) is 11.2. The minimum Gasteiger partial charge on any atom is -0.396 e. The fraction of sp³-hybridized carbons (Fsp3) is 0.333. The molecule has 74 valence electrons. The highest BCUT2D eigenvalue weighted by molar-refractivity contribution is 7.99. The van der Waals surface area contributed by atoms with Gasteiger partial charge in [-0.1, -0.05) is 24.1 Å². The molecule has 0 saturated heterocycles. The van der Waals surface area contributed by atoms with Gasteiger partial charge in [-0.2, -0.15) is 0 Å². The fourth-order valence-corrected chi connectivity index (χ4v) is 1.63. The summed E-state index contributed by atoms with van der Waals surface area (Å²) in [6.07, 6.45) is 1.58. The van der Waals surface area contributed by atoms with Gasteiger partial charge in [0.2, 0.25) is 0 Å². The van der Waals surface area contributed by atoms with Gasteiger partial charge in [-0.15, -0.1) is 17.7 Å². The van der Waals surface area contributed by atoms with Gasteiger partial charge >= 0.3 is 0 Å². The van der Waals surface area contributed by atoms with Gasteiger partial charge in [0.1, 0.15) is 0 Å². The summed E-state index contributed by atoms with van der Waals surface area (Å²) in [5.74, 6) is 6.93. The molecule has 2 heteroatoms. The molecule has 1 nitrogen and oxygen atoms in total. The van der Waals surface area contributed by atoms with Crippen LogP contribution in [0.25, 0.3) is 0 Å². The van der Waals surface area contributed by atoms with E-state index in [0.29, 0.717) is 0 Å². The van der Waals surface area contributed by atoms with Gasteiger partial charge in [0.25, 0.3) is 0 Å². The van der Waals surface area contributed by atoms with Crippen molar-refractivity contribution in [3.63, 3.8) is 0 Å². The van der Waals surface area contributed by atoms with Gasteiger partial charge in [0.05, 0.1) is 5.75 Å². The third kappa shape index (κ3) is 4.96. The van der Waals surface area contributed by atoms with Crippen LogP contribution in [0.5, 0.6) is 0 Å². The zero-order valence-electron chi connectivity index (χ0n) is 8.07. The molecular formula is C12H14OS. The molecule has 0 spiro atoms. The van der Waals surface area contributed by atoms with Crippen LogP contribution in [0.3, 0.4) is 0 Å². The lowest BCUT2D eigenvalue weighted by Crippen LogP contribution is -1.79. The zero-order chi connectivity index (χ0) is 10.1. The third-order valence-corrected chi connectivity index (χ3v) is 2.53. The molecule has 0 aliphatic rings. The number of hydrogen-bond donors (Lipinski definition) is 1. The third-order valence-electron chi connectivity index (χ3n) is 1.64. The average molecular weight is 206 g/mol. The van der Waals surface area contributed by atoms with Gasteiger partial charge in [-0.05, 0) is 18.6 Å². The molecule has 0 bridgehead atoms. The molecule has 1 N–H and O–H groups in total. The van der Waals surface area contributed by atoms with E-state index in [1.165, 1.54) is 4.90 Å². The summed E-state index contributed by atoms with van der Waals surface area (Å²) in [6, 6.07) is 10.2. The zero-order valence-corrected chi connectivity index (χ0v) is 8.89. The molecule has 0 saturated carbocycles. The maximum Gasteiger partial charge on any atom is 0.0594 e. The fourth-order valence-electron chi connectivity index (χ4n) is 0.943. The molecule has 0 amide bonds. The Kier molecular flexibility index (Phi) is 5.97. The van der Waals surface area contributed by atoms with Crippen LogP contribution >= 0.6 is 11.8 Å². The van der Waals surface area contributed by atoms with E-state index in [2.05, 4.69) is 24.0 Å². The lowest BCUT2D eigenvalue weighted by atomic mass is 10.3. The highest BCUT2D eigenvalue weighted by atomic mass is 32.2. The van der Waals surface area contributed by atoms with Gasteiger partial charge in [0, 0.05) is 17.9 Å². The van der Waals surface area contributed by atoms with E-state index in [1.54, 1.807) is 11.8 Å². The van der Waals surface area contributed by atoms with Crippen LogP contribution in [0.2, 0.25) is 0 Å². The minimum atomic E-state index is 0.237. The van der Waals surface area contributed by atoms with E-state index in [-0.39, 0.29) is 6.61 Å². The van der Waals surface area contributed by atoms with Crippen LogP contribution in [0.15, 0.2) is 35.2 Å².